The number of halogens is 2. The van der Waals surface area contributed by atoms with Crippen molar-refractivity contribution in [3.63, 3.8) is 0 Å². The fraction of sp³-hybridized carbons (Fsp3) is 0.644. The Morgan fingerprint density at radius 1 is 0.796 bits per heavy atom. The van der Waals surface area contributed by atoms with Gasteiger partial charge in [-0.25, -0.2) is 9.59 Å². The summed E-state index contributed by atoms with van der Waals surface area (Å²) in [5.74, 6) is 3.24. The molecule has 0 saturated heterocycles. The lowest BCUT2D eigenvalue weighted by Crippen LogP contribution is -2.53. The molecule has 5 unspecified atom stereocenters. The number of aromatic carboxylic acids is 2. The average molecular weight is 874 g/mol. The quantitative estimate of drug-likeness (QED) is 0.142. The number of carboxylic acids is 2. The number of fused-ring (bicyclic) bond motifs is 5. The van der Waals surface area contributed by atoms with Crippen molar-refractivity contribution < 1.29 is 30.0 Å². The number of rotatable bonds is 12. The van der Waals surface area contributed by atoms with Crippen LogP contribution in [0.2, 0.25) is 0 Å². The first-order chi connectivity index (χ1) is 25.0. The molecule has 4 saturated carbocycles. The van der Waals surface area contributed by atoms with Gasteiger partial charge in [-0.15, -0.1) is 0 Å². The summed E-state index contributed by atoms with van der Waals surface area (Å²) in [5.41, 5.74) is 2.18. The van der Waals surface area contributed by atoms with E-state index in [1.807, 2.05) is 0 Å². The zero-order valence-electron chi connectivity index (χ0n) is 33.0. The molecule has 54 heavy (non-hydrogen) atoms. The normalized spacial score (nSPS) is 30.7. The molecule has 0 heterocycles. The third-order valence-corrected chi connectivity index (χ3v) is 16.3. The summed E-state index contributed by atoms with van der Waals surface area (Å²) < 4.78 is 0.480. The Morgan fingerprint density at radius 2 is 1.37 bits per heavy atom. The van der Waals surface area contributed by atoms with Crippen LogP contribution in [0.25, 0.3) is 5.57 Å². The van der Waals surface area contributed by atoms with Gasteiger partial charge >= 0.3 is 11.9 Å². The van der Waals surface area contributed by atoms with E-state index in [2.05, 4.69) is 72.6 Å². The summed E-state index contributed by atoms with van der Waals surface area (Å²) in [4.78, 5) is 24.0. The highest BCUT2D eigenvalue weighted by Gasteiger charge is 2.60. The van der Waals surface area contributed by atoms with E-state index in [1.54, 1.807) is 12.1 Å². The number of phenols is 2. The molecule has 0 aromatic heterocycles. The second kappa shape index (κ2) is 17.0. The Bertz CT molecular complexity index is 1670. The van der Waals surface area contributed by atoms with Gasteiger partial charge in [0.05, 0.1) is 8.95 Å². The van der Waals surface area contributed by atoms with E-state index >= 15 is 0 Å². The standard InChI is InChI=1S/C45H60Br2O6.H3N/c1-25(2)8-6-9-26(3)35-14-15-36-32-13-12-30-20-27(16-18-44(30,4)37(32)17-19-45(35,36)5)10-7-11-31(28-21-33(42(50)51)40(48)38(46)23-28)29-22-34(43(52)53)41(49)39(47)24-29;/h11,21-27,30,32,35-37,48-49H,6-10,12-20H2,1-5H3,(H,50,51)(H,52,53);1H3/t26?,27-,30?,32-,35?,36?,37?,44-,45+;/m0./s1. The Hall–Kier alpha value is -2.36. The molecule has 9 atom stereocenters. The van der Waals surface area contributed by atoms with E-state index in [9.17, 15) is 30.0 Å². The number of carbonyl (C=O) groups is 2. The van der Waals surface area contributed by atoms with Gasteiger partial charge in [-0.05, 0) is 202 Å². The molecule has 4 fully saturated rings. The fourth-order valence-corrected chi connectivity index (χ4v) is 13.3. The van der Waals surface area contributed by atoms with Crippen LogP contribution in [0.3, 0.4) is 0 Å². The molecule has 4 aliphatic carbocycles. The molecule has 298 valence electrons. The smallest absolute Gasteiger partial charge is 0.339 e. The fourth-order valence-electron chi connectivity index (χ4n) is 12.3. The minimum atomic E-state index is -1.26. The lowest BCUT2D eigenvalue weighted by Gasteiger charge is -2.61. The molecule has 4 aliphatic rings. The van der Waals surface area contributed by atoms with Gasteiger partial charge in [0.25, 0.3) is 0 Å². The van der Waals surface area contributed by atoms with Gasteiger partial charge in [-0.2, -0.15) is 0 Å². The van der Waals surface area contributed by atoms with Gasteiger partial charge in [0.1, 0.15) is 22.6 Å². The predicted molar refractivity (Wildman–Crippen MR) is 223 cm³/mol. The second-order valence-electron chi connectivity index (χ2n) is 18.3. The zero-order chi connectivity index (χ0) is 38.4. The highest BCUT2D eigenvalue weighted by molar-refractivity contribution is 9.11. The van der Waals surface area contributed by atoms with Crippen LogP contribution in [-0.2, 0) is 0 Å². The molecular formula is C45H63Br2NO6. The minimum absolute atomic E-state index is 0. The van der Waals surface area contributed by atoms with Crippen LogP contribution in [-0.4, -0.2) is 32.4 Å². The van der Waals surface area contributed by atoms with Crippen LogP contribution in [0.1, 0.15) is 156 Å². The molecule has 0 amide bonds. The topological polar surface area (TPSA) is 150 Å². The van der Waals surface area contributed by atoms with Crippen LogP contribution >= 0.6 is 31.9 Å². The average Bonchev–Trinajstić information content (AvgIpc) is 3.46. The molecule has 2 aromatic carbocycles. The van der Waals surface area contributed by atoms with E-state index < -0.39 is 11.9 Å². The number of hydrogen-bond donors (Lipinski definition) is 5. The molecule has 0 radical (unpaired) electrons. The first kappa shape index (κ1) is 42.8. The SMILES string of the molecule is CC(C)CCCC(C)C1CCC2[C@@H]3CCC4C[C@@H](CCC=C(c5cc(Br)c(O)c(C(=O)O)c5)c5cc(Br)c(O)c(C(=O)O)c5)CC[C@]4(C)C3CC[C@]12C.N. The molecule has 7 nitrogen and oxygen atoms in total. The molecule has 0 bridgehead atoms. The second-order valence-corrected chi connectivity index (χ2v) is 20.1. The summed E-state index contributed by atoms with van der Waals surface area (Å²) in [6, 6.07) is 6.17. The maximum Gasteiger partial charge on any atom is 0.339 e. The summed E-state index contributed by atoms with van der Waals surface area (Å²) in [6.45, 7) is 12.6. The summed E-state index contributed by atoms with van der Waals surface area (Å²) in [5, 5.41) is 40.5. The number of carboxylic acid groups (broad SMARTS) is 2. The molecule has 6 rings (SSSR count). The molecule has 9 heteroatoms. The van der Waals surface area contributed by atoms with Gasteiger partial charge in [0, 0.05) is 0 Å². The lowest BCUT2D eigenvalue weighted by atomic mass is 9.44. The Morgan fingerprint density at radius 3 is 1.94 bits per heavy atom. The van der Waals surface area contributed by atoms with Crippen molar-refractivity contribution in [3.8, 4) is 11.5 Å². The monoisotopic (exact) mass is 871 g/mol. The van der Waals surface area contributed by atoms with E-state index in [0.717, 1.165) is 54.3 Å². The third kappa shape index (κ3) is 8.20. The van der Waals surface area contributed by atoms with Gasteiger partial charge in [-0.3, -0.25) is 0 Å². The molecular weight excluding hydrogens is 810 g/mol. The van der Waals surface area contributed by atoms with E-state index in [0.29, 0.717) is 33.4 Å². The molecule has 0 aliphatic heterocycles. The largest absolute Gasteiger partial charge is 0.506 e. The molecule has 2 aromatic rings. The van der Waals surface area contributed by atoms with Crippen LogP contribution in [0, 0.1) is 58.2 Å². The first-order valence-corrected chi connectivity index (χ1v) is 21.9. The van der Waals surface area contributed by atoms with Crippen molar-refractivity contribution in [1.82, 2.24) is 6.15 Å². The number of allylic oxidation sites excluding steroid dienone is 1. The number of hydrogen-bond acceptors (Lipinski definition) is 5. The molecule has 0 spiro atoms. The van der Waals surface area contributed by atoms with Crippen molar-refractivity contribution in [2.75, 3.05) is 0 Å². The van der Waals surface area contributed by atoms with E-state index in [1.165, 1.54) is 89.2 Å². The maximum absolute atomic E-state index is 12.0. The van der Waals surface area contributed by atoms with Crippen molar-refractivity contribution in [2.45, 2.75) is 125 Å². The van der Waals surface area contributed by atoms with E-state index in [-0.39, 0.29) is 37.7 Å². The lowest BCUT2D eigenvalue weighted by molar-refractivity contribution is -0.121. The van der Waals surface area contributed by atoms with Crippen LogP contribution in [0.5, 0.6) is 11.5 Å². The van der Waals surface area contributed by atoms with Gasteiger partial charge in [0.2, 0.25) is 0 Å². The van der Waals surface area contributed by atoms with Crippen molar-refractivity contribution in [3.05, 3.63) is 61.5 Å². The summed E-state index contributed by atoms with van der Waals surface area (Å²) in [6.07, 6.45) is 20.1. The molecule has 7 N–H and O–H groups in total. The number of aromatic hydroxyl groups is 2. The van der Waals surface area contributed by atoms with Crippen molar-refractivity contribution >= 4 is 49.4 Å². The van der Waals surface area contributed by atoms with Crippen LogP contribution in [0.4, 0.5) is 0 Å². The maximum atomic E-state index is 12.0. The van der Waals surface area contributed by atoms with Crippen LogP contribution in [0.15, 0.2) is 39.3 Å². The van der Waals surface area contributed by atoms with E-state index in [4.69, 9.17) is 0 Å². The van der Waals surface area contributed by atoms with Crippen molar-refractivity contribution in [2.24, 2.45) is 58.2 Å². The summed E-state index contributed by atoms with van der Waals surface area (Å²) in [7, 11) is 0. The number of benzene rings is 2. The van der Waals surface area contributed by atoms with Gasteiger partial charge < -0.3 is 26.6 Å². The third-order valence-electron chi connectivity index (χ3n) is 15.1. The Balaban J connectivity index is 0.00000561. The predicted octanol–water partition coefficient (Wildman–Crippen LogP) is 13.1. The highest BCUT2D eigenvalue weighted by Crippen LogP contribution is 2.69. The zero-order valence-corrected chi connectivity index (χ0v) is 36.1. The minimum Gasteiger partial charge on any atom is -0.506 e. The summed E-state index contributed by atoms with van der Waals surface area (Å²) >= 11 is 6.64. The van der Waals surface area contributed by atoms with Gasteiger partial charge in [0.15, 0.2) is 0 Å². The first-order valence-electron chi connectivity index (χ1n) is 20.3. The Kier molecular flexibility index (Phi) is 13.5. The van der Waals surface area contributed by atoms with Crippen molar-refractivity contribution in [1.29, 1.82) is 0 Å². The van der Waals surface area contributed by atoms with Gasteiger partial charge in [-0.1, -0.05) is 60.0 Å². The highest BCUT2D eigenvalue weighted by atomic mass is 79.9. The Labute approximate surface area is 339 Å². The van der Waals surface area contributed by atoms with Crippen LogP contribution < -0.4 is 6.15 Å².